The maximum atomic E-state index is 11.4. The van der Waals surface area contributed by atoms with E-state index in [0.717, 1.165) is 0 Å². The van der Waals surface area contributed by atoms with Crippen LogP contribution in [-0.2, 0) is 9.53 Å². The van der Waals surface area contributed by atoms with Crippen LogP contribution in [0, 0.1) is 0 Å². The van der Waals surface area contributed by atoms with Gasteiger partial charge in [-0.1, -0.05) is 6.07 Å². The molecule has 1 aromatic carbocycles. The van der Waals surface area contributed by atoms with Crippen LogP contribution >= 0.6 is 0 Å². The van der Waals surface area contributed by atoms with Gasteiger partial charge in [0, 0.05) is 19.3 Å². The molecule has 19 heavy (non-hydrogen) atoms. The highest BCUT2D eigenvalue weighted by atomic mass is 16.5. The van der Waals surface area contributed by atoms with E-state index in [1.807, 2.05) is 0 Å². The Morgan fingerprint density at radius 3 is 2.79 bits per heavy atom. The van der Waals surface area contributed by atoms with Crippen LogP contribution in [0.15, 0.2) is 18.2 Å². The fourth-order valence-corrected chi connectivity index (χ4v) is 1.38. The molecule has 7 nitrogen and oxygen atoms in total. The summed E-state index contributed by atoms with van der Waals surface area (Å²) in [6.45, 7) is 0.471. The number of amides is 1. The number of aromatic carboxylic acids is 1. The Bertz CT molecular complexity index is 461. The van der Waals surface area contributed by atoms with Crippen molar-refractivity contribution in [3.63, 3.8) is 0 Å². The van der Waals surface area contributed by atoms with Crippen LogP contribution in [0.5, 0.6) is 5.75 Å². The van der Waals surface area contributed by atoms with Crippen molar-refractivity contribution in [2.24, 2.45) is 0 Å². The molecule has 0 atom stereocenters. The molecule has 0 radical (unpaired) electrons. The lowest BCUT2D eigenvalue weighted by Crippen LogP contribution is -2.31. The van der Waals surface area contributed by atoms with Crippen molar-refractivity contribution in [2.45, 2.75) is 0 Å². The molecule has 0 aliphatic rings. The molecule has 0 bridgehead atoms. The number of hydrogen-bond donors (Lipinski definition) is 3. The number of carbonyl (C=O) groups excluding carboxylic acids is 1. The first-order valence-electron chi connectivity index (χ1n) is 5.56. The van der Waals surface area contributed by atoms with E-state index in [9.17, 15) is 9.59 Å². The summed E-state index contributed by atoms with van der Waals surface area (Å²) in [6, 6.07) is 4.46. The molecular formula is C12H16N2O5. The smallest absolute Gasteiger partial charge is 0.341 e. The summed E-state index contributed by atoms with van der Waals surface area (Å²) in [5, 5.41) is 11.6. The first-order chi connectivity index (χ1) is 9.06. The number of ether oxygens (including phenoxy) is 2. The standard InChI is InChI=1S/C12H16N2O5/c1-18-6-5-14-10(15)7-19-9-4-2-3-8(13)11(9)12(16)17/h2-4H,5-7,13H2,1H3,(H,14,15)(H,16,17). The highest BCUT2D eigenvalue weighted by Crippen LogP contribution is 2.24. The van der Waals surface area contributed by atoms with E-state index in [4.69, 9.17) is 20.3 Å². The number of rotatable bonds is 7. The van der Waals surface area contributed by atoms with E-state index >= 15 is 0 Å². The average molecular weight is 268 g/mol. The van der Waals surface area contributed by atoms with Gasteiger partial charge < -0.3 is 25.6 Å². The molecule has 0 spiro atoms. The van der Waals surface area contributed by atoms with Gasteiger partial charge in [-0.05, 0) is 12.1 Å². The molecule has 104 valence electrons. The Morgan fingerprint density at radius 1 is 1.42 bits per heavy atom. The maximum Gasteiger partial charge on any atom is 0.341 e. The quantitative estimate of drug-likeness (QED) is 0.478. The predicted octanol–water partition coefficient (Wildman–Crippen LogP) is 0.108. The molecule has 4 N–H and O–H groups in total. The van der Waals surface area contributed by atoms with Crippen LogP contribution < -0.4 is 15.8 Å². The lowest BCUT2D eigenvalue weighted by molar-refractivity contribution is -0.123. The molecule has 0 saturated carbocycles. The highest BCUT2D eigenvalue weighted by molar-refractivity contribution is 5.96. The van der Waals surface area contributed by atoms with Gasteiger partial charge in [-0.3, -0.25) is 4.79 Å². The van der Waals surface area contributed by atoms with E-state index in [1.165, 1.54) is 19.2 Å². The van der Waals surface area contributed by atoms with Crippen LogP contribution in [0.2, 0.25) is 0 Å². The van der Waals surface area contributed by atoms with Gasteiger partial charge in [0.05, 0.1) is 6.61 Å². The molecular weight excluding hydrogens is 252 g/mol. The summed E-state index contributed by atoms with van der Waals surface area (Å²) >= 11 is 0. The van der Waals surface area contributed by atoms with Crippen LogP contribution in [0.1, 0.15) is 10.4 Å². The summed E-state index contributed by atoms with van der Waals surface area (Å²) in [4.78, 5) is 22.4. The predicted molar refractivity (Wildman–Crippen MR) is 68.2 cm³/mol. The maximum absolute atomic E-state index is 11.4. The summed E-state index contributed by atoms with van der Waals surface area (Å²) in [5.74, 6) is -1.50. The van der Waals surface area contributed by atoms with Crippen LogP contribution in [-0.4, -0.2) is 43.9 Å². The second kappa shape index (κ2) is 7.22. The van der Waals surface area contributed by atoms with Gasteiger partial charge in [-0.25, -0.2) is 4.79 Å². The molecule has 7 heteroatoms. The van der Waals surface area contributed by atoms with Crippen molar-refractivity contribution in [1.82, 2.24) is 5.32 Å². The first kappa shape index (κ1) is 14.8. The minimum atomic E-state index is -1.20. The van der Waals surface area contributed by atoms with Gasteiger partial charge >= 0.3 is 5.97 Å². The molecule has 0 fully saturated rings. The van der Waals surface area contributed by atoms with Crippen molar-refractivity contribution in [3.8, 4) is 5.75 Å². The number of carbonyl (C=O) groups is 2. The monoisotopic (exact) mass is 268 g/mol. The number of nitrogens with one attached hydrogen (secondary N) is 1. The van der Waals surface area contributed by atoms with Gasteiger partial charge in [0.15, 0.2) is 6.61 Å². The van der Waals surface area contributed by atoms with Crippen LogP contribution in [0.4, 0.5) is 5.69 Å². The minimum Gasteiger partial charge on any atom is -0.483 e. The zero-order chi connectivity index (χ0) is 14.3. The third kappa shape index (κ3) is 4.47. The Labute approximate surface area is 110 Å². The van der Waals surface area contributed by atoms with E-state index in [-0.39, 0.29) is 29.5 Å². The van der Waals surface area contributed by atoms with Gasteiger partial charge in [0.25, 0.3) is 5.91 Å². The second-order valence-electron chi connectivity index (χ2n) is 3.66. The minimum absolute atomic E-state index is 0.0643. The van der Waals surface area contributed by atoms with Crippen molar-refractivity contribution in [3.05, 3.63) is 23.8 Å². The number of hydrogen-bond acceptors (Lipinski definition) is 5. The molecule has 0 aliphatic carbocycles. The second-order valence-corrected chi connectivity index (χ2v) is 3.66. The number of benzene rings is 1. The number of anilines is 1. The van der Waals surface area contributed by atoms with Gasteiger partial charge in [-0.15, -0.1) is 0 Å². The third-order valence-corrected chi connectivity index (χ3v) is 2.26. The van der Waals surface area contributed by atoms with Gasteiger partial charge in [-0.2, -0.15) is 0 Å². The zero-order valence-corrected chi connectivity index (χ0v) is 10.5. The van der Waals surface area contributed by atoms with E-state index in [0.29, 0.717) is 13.2 Å². The lowest BCUT2D eigenvalue weighted by atomic mass is 10.1. The van der Waals surface area contributed by atoms with E-state index < -0.39 is 5.97 Å². The molecule has 1 rings (SSSR count). The Hall–Kier alpha value is -2.28. The molecule has 0 aliphatic heterocycles. The van der Waals surface area contributed by atoms with Crippen LogP contribution in [0.25, 0.3) is 0 Å². The lowest BCUT2D eigenvalue weighted by Gasteiger charge is -2.10. The van der Waals surface area contributed by atoms with Crippen molar-refractivity contribution in [1.29, 1.82) is 0 Å². The molecule has 0 aromatic heterocycles. The SMILES string of the molecule is COCCNC(=O)COc1cccc(N)c1C(=O)O. The zero-order valence-electron chi connectivity index (χ0n) is 10.5. The van der Waals surface area contributed by atoms with Gasteiger partial charge in [0.2, 0.25) is 0 Å². The summed E-state index contributed by atoms with van der Waals surface area (Å²) in [5.41, 5.74) is 5.49. The third-order valence-electron chi connectivity index (χ3n) is 2.26. The Morgan fingerprint density at radius 2 is 2.16 bits per heavy atom. The summed E-state index contributed by atoms with van der Waals surface area (Å²) in [7, 11) is 1.52. The molecule has 0 heterocycles. The van der Waals surface area contributed by atoms with E-state index in [1.54, 1.807) is 6.07 Å². The highest BCUT2D eigenvalue weighted by Gasteiger charge is 2.15. The topological polar surface area (TPSA) is 111 Å². The number of carboxylic acids is 1. The number of nitrogen functional groups attached to an aromatic ring is 1. The molecule has 1 aromatic rings. The fourth-order valence-electron chi connectivity index (χ4n) is 1.38. The Balaban J connectivity index is 2.60. The Kier molecular flexibility index (Phi) is 5.62. The summed E-state index contributed by atoms with van der Waals surface area (Å²) < 4.78 is 9.93. The van der Waals surface area contributed by atoms with Crippen molar-refractivity contribution >= 4 is 17.6 Å². The van der Waals surface area contributed by atoms with E-state index in [2.05, 4.69) is 5.32 Å². The van der Waals surface area contributed by atoms with Crippen LogP contribution in [0.3, 0.4) is 0 Å². The number of methoxy groups -OCH3 is 1. The molecule has 1 amide bonds. The summed E-state index contributed by atoms with van der Waals surface area (Å²) in [6.07, 6.45) is 0. The number of nitrogens with two attached hydrogens (primary N) is 1. The average Bonchev–Trinajstić information content (AvgIpc) is 2.36. The van der Waals surface area contributed by atoms with Gasteiger partial charge in [0.1, 0.15) is 11.3 Å². The van der Waals surface area contributed by atoms with Crippen molar-refractivity contribution in [2.75, 3.05) is 32.6 Å². The fraction of sp³-hybridized carbons (Fsp3) is 0.333. The van der Waals surface area contributed by atoms with Crippen molar-refractivity contribution < 1.29 is 24.2 Å². The normalized spacial score (nSPS) is 9.95. The molecule has 0 saturated heterocycles. The number of carboxylic acid groups (broad SMARTS) is 1. The first-order valence-corrected chi connectivity index (χ1v) is 5.56. The largest absolute Gasteiger partial charge is 0.483 e. The molecule has 0 unspecified atom stereocenters.